The summed E-state index contributed by atoms with van der Waals surface area (Å²) >= 11 is 0. The molecular weight excluding hydrogens is 250 g/mol. The molecule has 2 rings (SSSR count). The molecule has 0 bridgehead atoms. The Labute approximate surface area is 119 Å². The molecule has 0 saturated carbocycles. The summed E-state index contributed by atoms with van der Waals surface area (Å²) < 4.78 is 0. The number of amides is 1. The minimum absolute atomic E-state index is 0.0516. The first-order chi connectivity index (χ1) is 9.56. The molecule has 1 heterocycles. The van der Waals surface area contributed by atoms with Crippen molar-refractivity contribution in [3.05, 3.63) is 42.1 Å². The summed E-state index contributed by atoms with van der Waals surface area (Å²) in [6.45, 7) is 5.03. The fraction of sp³-hybridized carbons (Fsp3) is 0.375. The molecule has 0 aliphatic rings. The van der Waals surface area contributed by atoms with E-state index in [9.17, 15) is 4.79 Å². The minimum Gasteiger partial charge on any atom is -0.353 e. The number of nitrogens with one attached hydrogen (secondary N) is 1. The summed E-state index contributed by atoms with van der Waals surface area (Å²) in [6, 6.07) is 10.3. The number of benzene rings is 1. The maximum Gasteiger partial charge on any atom is 0.234 e. The predicted octanol–water partition coefficient (Wildman–Crippen LogP) is 2.19. The van der Waals surface area contributed by atoms with E-state index in [0.717, 1.165) is 16.5 Å². The number of nitrogens with zero attached hydrogens (tertiary/aromatic N) is 2. The Hall–Kier alpha value is -1.94. The van der Waals surface area contributed by atoms with Gasteiger partial charge in [0, 0.05) is 24.2 Å². The number of hydrogen-bond donors (Lipinski definition) is 1. The molecule has 0 unspecified atom stereocenters. The van der Waals surface area contributed by atoms with Crippen molar-refractivity contribution in [2.45, 2.75) is 26.4 Å². The van der Waals surface area contributed by atoms with Gasteiger partial charge >= 0.3 is 0 Å². The Morgan fingerprint density at radius 1 is 1.30 bits per heavy atom. The Balaban J connectivity index is 2.06. The maximum absolute atomic E-state index is 11.7. The fourth-order valence-corrected chi connectivity index (χ4v) is 2.25. The number of hydrogen-bond acceptors (Lipinski definition) is 3. The smallest absolute Gasteiger partial charge is 0.234 e. The zero-order valence-corrected chi connectivity index (χ0v) is 12.3. The minimum atomic E-state index is 0.0516. The van der Waals surface area contributed by atoms with Crippen LogP contribution in [0.25, 0.3) is 10.9 Å². The molecule has 0 spiro atoms. The maximum atomic E-state index is 11.7. The summed E-state index contributed by atoms with van der Waals surface area (Å²) in [4.78, 5) is 18.2. The van der Waals surface area contributed by atoms with Gasteiger partial charge in [-0.1, -0.05) is 24.3 Å². The largest absolute Gasteiger partial charge is 0.353 e. The van der Waals surface area contributed by atoms with Crippen molar-refractivity contribution >= 4 is 16.8 Å². The quantitative estimate of drug-likeness (QED) is 0.906. The molecule has 1 amide bonds. The summed E-state index contributed by atoms with van der Waals surface area (Å²) in [6.07, 6.45) is 1.80. The number of pyridine rings is 1. The van der Waals surface area contributed by atoms with Crippen LogP contribution in [0.4, 0.5) is 0 Å². The van der Waals surface area contributed by atoms with Crippen molar-refractivity contribution in [3.8, 4) is 0 Å². The number of carbonyl (C=O) groups is 1. The van der Waals surface area contributed by atoms with E-state index >= 15 is 0 Å². The molecule has 0 atom stereocenters. The molecule has 0 fully saturated rings. The van der Waals surface area contributed by atoms with Crippen LogP contribution in [0, 0.1) is 0 Å². The molecule has 4 heteroatoms. The van der Waals surface area contributed by atoms with Crippen LogP contribution in [0.2, 0.25) is 0 Å². The molecule has 0 saturated heterocycles. The lowest BCUT2D eigenvalue weighted by Crippen LogP contribution is -2.38. The third-order valence-electron chi connectivity index (χ3n) is 3.02. The van der Waals surface area contributed by atoms with Crippen LogP contribution in [-0.2, 0) is 11.3 Å². The number of carbonyl (C=O) groups excluding carboxylic acids is 1. The van der Waals surface area contributed by atoms with E-state index in [2.05, 4.69) is 28.5 Å². The van der Waals surface area contributed by atoms with Gasteiger partial charge in [0.25, 0.3) is 0 Å². The third kappa shape index (κ3) is 3.78. The van der Waals surface area contributed by atoms with E-state index in [1.807, 2.05) is 37.9 Å². The van der Waals surface area contributed by atoms with Gasteiger partial charge in [0.15, 0.2) is 0 Å². The highest BCUT2D eigenvalue weighted by atomic mass is 16.2. The van der Waals surface area contributed by atoms with Crippen LogP contribution >= 0.6 is 0 Å². The Kier molecular flexibility index (Phi) is 4.69. The first-order valence-corrected chi connectivity index (χ1v) is 6.87. The second-order valence-electron chi connectivity index (χ2n) is 5.39. The molecule has 4 nitrogen and oxygen atoms in total. The van der Waals surface area contributed by atoms with Crippen molar-refractivity contribution in [1.29, 1.82) is 0 Å². The molecule has 106 valence electrons. The average molecular weight is 271 g/mol. The topological polar surface area (TPSA) is 45.2 Å². The molecule has 1 aromatic heterocycles. The van der Waals surface area contributed by atoms with Crippen LogP contribution in [-0.4, -0.2) is 35.4 Å². The monoisotopic (exact) mass is 271 g/mol. The van der Waals surface area contributed by atoms with Crippen LogP contribution in [0.1, 0.15) is 19.4 Å². The van der Waals surface area contributed by atoms with Gasteiger partial charge in [0.05, 0.1) is 12.1 Å². The Morgan fingerprint density at radius 3 is 2.80 bits per heavy atom. The fourth-order valence-electron chi connectivity index (χ4n) is 2.25. The molecule has 1 aromatic carbocycles. The first-order valence-electron chi connectivity index (χ1n) is 6.87. The molecule has 1 N–H and O–H groups in total. The van der Waals surface area contributed by atoms with Gasteiger partial charge < -0.3 is 5.32 Å². The zero-order valence-electron chi connectivity index (χ0n) is 12.3. The van der Waals surface area contributed by atoms with Gasteiger partial charge in [-0.25, -0.2) is 0 Å². The second kappa shape index (κ2) is 6.48. The van der Waals surface area contributed by atoms with E-state index in [0.29, 0.717) is 13.1 Å². The number of aromatic nitrogens is 1. The molecular formula is C16H21N3O. The van der Waals surface area contributed by atoms with E-state index in [1.165, 1.54) is 0 Å². The van der Waals surface area contributed by atoms with E-state index in [1.54, 1.807) is 6.20 Å². The third-order valence-corrected chi connectivity index (χ3v) is 3.02. The molecule has 0 aliphatic heterocycles. The highest BCUT2D eigenvalue weighted by Crippen LogP contribution is 2.17. The van der Waals surface area contributed by atoms with Crippen LogP contribution in [0.15, 0.2) is 36.5 Å². The number of para-hydroxylation sites is 1. The molecule has 0 radical (unpaired) electrons. The van der Waals surface area contributed by atoms with Crippen LogP contribution in [0.3, 0.4) is 0 Å². The summed E-state index contributed by atoms with van der Waals surface area (Å²) in [5.41, 5.74) is 2.15. The van der Waals surface area contributed by atoms with Gasteiger partial charge in [0.1, 0.15) is 0 Å². The SMILES string of the molecule is CC(C)NC(=O)CN(C)Cc1cccc2cccnc12. The van der Waals surface area contributed by atoms with Crippen molar-refractivity contribution in [2.75, 3.05) is 13.6 Å². The Bertz CT molecular complexity index is 590. The van der Waals surface area contributed by atoms with Crippen molar-refractivity contribution in [1.82, 2.24) is 15.2 Å². The predicted molar refractivity (Wildman–Crippen MR) is 81.4 cm³/mol. The van der Waals surface area contributed by atoms with E-state index < -0.39 is 0 Å². The number of rotatable bonds is 5. The number of likely N-dealkylation sites (N-methyl/N-ethyl adjacent to an activating group) is 1. The number of fused-ring (bicyclic) bond motifs is 1. The van der Waals surface area contributed by atoms with Crippen LogP contribution < -0.4 is 5.32 Å². The zero-order chi connectivity index (χ0) is 14.5. The normalized spacial score (nSPS) is 11.2. The lowest BCUT2D eigenvalue weighted by molar-refractivity contribution is -0.122. The summed E-state index contributed by atoms with van der Waals surface area (Å²) in [7, 11) is 1.95. The van der Waals surface area contributed by atoms with Gasteiger partial charge in [-0.3, -0.25) is 14.7 Å². The van der Waals surface area contributed by atoms with Crippen LogP contribution in [0.5, 0.6) is 0 Å². The molecule has 20 heavy (non-hydrogen) atoms. The van der Waals surface area contributed by atoms with Gasteiger partial charge in [0.2, 0.25) is 5.91 Å². The lowest BCUT2D eigenvalue weighted by Gasteiger charge is -2.18. The average Bonchev–Trinajstić information content (AvgIpc) is 2.38. The molecule has 2 aromatic rings. The standard InChI is InChI=1S/C16H21N3O/c1-12(2)18-15(20)11-19(3)10-14-7-4-6-13-8-5-9-17-16(13)14/h4-9,12H,10-11H2,1-3H3,(H,18,20). The first kappa shape index (κ1) is 14.5. The summed E-state index contributed by atoms with van der Waals surface area (Å²) in [5, 5.41) is 4.03. The van der Waals surface area contributed by atoms with Gasteiger partial charge in [-0.05, 0) is 32.5 Å². The van der Waals surface area contributed by atoms with Gasteiger partial charge in [-0.2, -0.15) is 0 Å². The highest BCUT2D eigenvalue weighted by Gasteiger charge is 2.10. The van der Waals surface area contributed by atoms with Crippen molar-refractivity contribution < 1.29 is 4.79 Å². The lowest BCUT2D eigenvalue weighted by atomic mass is 10.1. The van der Waals surface area contributed by atoms with Gasteiger partial charge in [-0.15, -0.1) is 0 Å². The molecule has 0 aliphatic carbocycles. The second-order valence-corrected chi connectivity index (χ2v) is 5.39. The summed E-state index contributed by atoms with van der Waals surface area (Å²) in [5.74, 6) is 0.0516. The van der Waals surface area contributed by atoms with E-state index in [4.69, 9.17) is 0 Å². The van der Waals surface area contributed by atoms with E-state index in [-0.39, 0.29) is 11.9 Å². The highest BCUT2D eigenvalue weighted by molar-refractivity contribution is 5.81. The Morgan fingerprint density at radius 2 is 2.05 bits per heavy atom. The van der Waals surface area contributed by atoms with Crippen molar-refractivity contribution in [2.24, 2.45) is 0 Å². The van der Waals surface area contributed by atoms with Crippen molar-refractivity contribution in [3.63, 3.8) is 0 Å².